The Kier molecular flexibility index (Phi) is 6.79. The van der Waals surface area contributed by atoms with Crippen LogP contribution in [0.3, 0.4) is 0 Å². The zero-order valence-electron chi connectivity index (χ0n) is 14.8. The van der Waals surface area contributed by atoms with Crippen molar-refractivity contribution in [1.82, 2.24) is 0 Å². The predicted octanol–water partition coefficient (Wildman–Crippen LogP) is 2.78. The molecule has 0 aliphatic rings. The van der Waals surface area contributed by atoms with Gasteiger partial charge in [0.15, 0.2) is 12.2 Å². The number of rotatable bonds is 7. The molecule has 0 fully saturated rings. The van der Waals surface area contributed by atoms with Crippen molar-refractivity contribution in [3.8, 4) is 5.75 Å². The highest BCUT2D eigenvalue weighted by molar-refractivity contribution is 6.30. The van der Waals surface area contributed by atoms with Gasteiger partial charge in [-0.2, -0.15) is 0 Å². The first-order valence-corrected chi connectivity index (χ1v) is 8.47. The minimum Gasteiger partial charge on any atom is -0.479 e. The van der Waals surface area contributed by atoms with E-state index in [1.807, 2.05) is 0 Å². The van der Waals surface area contributed by atoms with Crippen LogP contribution in [-0.4, -0.2) is 30.0 Å². The number of hydrogen-bond donors (Lipinski definition) is 2. The first kappa shape index (κ1) is 20.3. The van der Waals surface area contributed by atoms with Crippen LogP contribution in [0.2, 0.25) is 5.02 Å². The van der Waals surface area contributed by atoms with Crippen LogP contribution in [-0.2, 0) is 14.3 Å². The van der Waals surface area contributed by atoms with Crippen LogP contribution in [0.15, 0.2) is 48.5 Å². The summed E-state index contributed by atoms with van der Waals surface area (Å²) < 4.78 is 10.6. The first-order chi connectivity index (χ1) is 12.8. The van der Waals surface area contributed by atoms with Gasteiger partial charge in [0.05, 0.1) is 0 Å². The minimum atomic E-state index is -1.04. The molecule has 7 nitrogen and oxygen atoms in total. The van der Waals surface area contributed by atoms with Crippen LogP contribution in [0, 0.1) is 0 Å². The second-order valence-electron chi connectivity index (χ2n) is 5.72. The summed E-state index contributed by atoms with van der Waals surface area (Å²) in [4.78, 5) is 35.3. The SMILES string of the molecule is C[C@H](OC(=O)[C@H](C)Oc1ccc(Cl)cc1)C(=O)Nc1ccc(C(N)=O)cc1. The van der Waals surface area contributed by atoms with Crippen molar-refractivity contribution in [3.63, 3.8) is 0 Å². The highest BCUT2D eigenvalue weighted by atomic mass is 35.5. The molecule has 2 atom stereocenters. The average molecular weight is 391 g/mol. The van der Waals surface area contributed by atoms with Gasteiger partial charge in [-0.25, -0.2) is 4.79 Å². The predicted molar refractivity (Wildman–Crippen MR) is 101 cm³/mol. The summed E-state index contributed by atoms with van der Waals surface area (Å²) in [5, 5.41) is 3.13. The summed E-state index contributed by atoms with van der Waals surface area (Å²) in [5.74, 6) is -1.31. The van der Waals surface area contributed by atoms with E-state index < -0.39 is 30.0 Å². The standard InChI is InChI=1S/C19H19ClN2O5/c1-11(18(24)22-15-7-3-13(4-8-15)17(21)23)27-19(25)12(2)26-16-9-5-14(20)6-10-16/h3-12H,1-2H3,(H2,21,23)(H,22,24)/t11-,12-/m0/s1. The molecule has 0 spiro atoms. The molecule has 0 aromatic heterocycles. The van der Waals surface area contributed by atoms with E-state index in [-0.39, 0.29) is 0 Å². The Morgan fingerprint density at radius 1 is 0.963 bits per heavy atom. The van der Waals surface area contributed by atoms with E-state index in [2.05, 4.69) is 5.32 Å². The molecule has 0 aliphatic heterocycles. The molecule has 142 valence electrons. The third-order valence-corrected chi connectivity index (χ3v) is 3.81. The summed E-state index contributed by atoms with van der Waals surface area (Å²) in [6.45, 7) is 2.96. The van der Waals surface area contributed by atoms with E-state index >= 15 is 0 Å². The van der Waals surface area contributed by atoms with Gasteiger partial charge in [-0.05, 0) is 62.4 Å². The zero-order valence-corrected chi connectivity index (χ0v) is 15.5. The van der Waals surface area contributed by atoms with Crippen LogP contribution in [0.5, 0.6) is 5.75 Å². The molecule has 0 heterocycles. The molecular weight excluding hydrogens is 372 g/mol. The van der Waals surface area contributed by atoms with Crippen LogP contribution in [0.1, 0.15) is 24.2 Å². The van der Waals surface area contributed by atoms with Crippen LogP contribution < -0.4 is 15.8 Å². The Balaban J connectivity index is 1.87. The van der Waals surface area contributed by atoms with Gasteiger partial charge in [0, 0.05) is 16.3 Å². The molecule has 0 radical (unpaired) electrons. The lowest BCUT2D eigenvalue weighted by atomic mass is 10.2. The van der Waals surface area contributed by atoms with Crippen molar-refractivity contribution in [2.75, 3.05) is 5.32 Å². The summed E-state index contributed by atoms with van der Waals surface area (Å²) in [5.41, 5.74) is 5.92. The Labute approximate surface area is 161 Å². The lowest BCUT2D eigenvalue weighted by Crippen LogP contribution is -2.35. The molecule has 27 heavy (non-hydrogen) atoms. The number of carbonyl (C=O) groups is 3. The molecule has 0 bridgehead atoms. The highest BCUT2D eigenvalue weighted by Crippen LogP contribution is 2.17. The average Bonchev–Trinajstić information content (AvgIpc) is 2.63. The van der Waals surface area contributed by atoms with E-state index in [1.54, 1.807) is 24.3 Å². The first-order valence-electron chi connectivity index (χ1n) is 8.09. The Morgan fingerprint density at radius 3 is 2.11 bits per heavy atom. The molecule has 2 aromatic carbocycles. The molecule has 2 amide bonds. The third-order valence-electron chi connectivity index (χ3n) is 3.56. The van der Waals surface area contributed by atoms with Gasteiger partial charge in [0.1, 0.15) is 5.75 Å². The Hall–Kier alpha value is -3.06. The smallest absolute Gasteiger partial charge is 0.347 e. The Bertz CT molecular complexity index is 821. The second kappa shape index (κ2) is 9.05. The molecule has 0 saturated carbocycles. The fraction of sp³-hybridized carbons (Fsp3) is 0.211. The number of amides is 2. The molecule has 0 saturated heterocycles. The molecule has 0 unspecified atom stereocenters. The molecule has 3 N–H and O–H groups in total. The van der Waals surface area contributed by atoms with Gasteiger partial charge in [-0.3, -0.25) is 9.59 Å². The summed E-state index contributed by atoms with van der Waals surface area (Å²) in [6.07, 6.45) is -1.94. The number of anilines is 1. The van der Waals surface area contributed by atoms with Gasteiger partial charge in [0.25, 0.3) is 5.91 Å². The number of nitrogens with two attached hydrogens (primary N) is 1. The van der Waals surface area contributed by atoms with Crippen LogP contribution >= 0.6 is 11.6 Å². The van der Waals surface area contributed by atoms with Crippen molar-refractivity contribution in [2.24, 2.45) is 5.73 Å². The van der Waals surface area contributed by atoms with Crippen LogP contribution in [0.4, 0.5) is 5.69 Å². The normalized spacial score (nSPS) is 12.6. The maximum atomic E-state index is 12.1. The van der Waals surface area contributed by atoms with E-state index in [4.69, 9.17) is 26.8 Å². The number of benzene rings is 2. The number of ether oxygens (including phenoxy) is 2. The van der Waals surface area contributed by atoms with Gasteiger partial charge in [-0.15, -0.1) is 0 Å². The zero-order chi connectivity index (χ0) is 20.0. The van der Waals surface area contributed by atoms with Gasteiger partial charge in [-0.1, -0.05) is 11.6 Å². The minimum absolute atomic E-state index is 0.320. The molecular formula is C19H19ClN2O5. The van der Waals surface area contributed by atoms with Gasteiger partial charge >= 0.3 is 5.97 Å². The van der Waals surface area contributed by atoms with Crippen LogP contribution in [0.25, 0.3) is 0 Å². The van der Waals surface area contributed by atoms with Crippen molar-refractivity contribution < 1.29 is 23.9 Å². The fourth-order valence-corrected chi connectivity index (χ4v) is 2.18. The van der Waals surface area contributed by atoms with Crippen molar-refractivity contribution in [3.05, 3.63) is 59.1 Å². The van der Waals surface area contributed by atoms with Crippen molar-refractivity contribution in [2.45, 2.75) is 26.1 Å². The Morgan fingerprint density at radius 2 is 1.56 bits per heavy atom. The largest absolute Gasteiger partial charge is 0.479 e. The monoisotopic (exact) mass is 390 g/mol. The fourth-order valence-electron chi connectivity index (χ4n) is 2.05. The number of esters is 1. The van der Waals surface area contributed by atoms with E-state index in [0.29, 0.717) is 22.0 Å². The summed E-state index contributed by atoms with van der Waals surface area (Å²) in [7, 11) is 0. The van der Waals surface area contributed by atoms with Crippen molar-refractivity contribution >= 4 is 35.1 Å². The van der Waals surface area contributed by atoms with E-state index in [0.717, 1.165) is 0 Å². The van der Waals surface area contributed by atoms with Gasteiger partial charge < -0.3 is 20.5 Å². The maximum absolute atomic E-state index is 12.1. The van der Waals surface area contributed by atoms with Crippen molar-refractivity contribution in [1.29, 1.82) is 0 Å². The maximum Gasteiger partial charge on any atom is 0.347 e. The summed E-state index contributed by atoms with van der Waals surface area (Å²) >= 11 is 5.79. The second-order valence-corrected chi connectivity index (χ2v) is 6.16. The van der Waals surface area contributed by atoms with E-state index in [1.165, 1.54) is 38.1 Å². The lowest BCUT2D eigenvalue weighted by molar-refractivity contribution is -0.159. The third kappa shape index (κ3) is 6.00. The molecule has 2 aromatic rings. The number of primary amides is 1. The van der Waals surface area contributed by atoms with Gasteiger partial charge in [0.2, 0.25) is 5.91 Å². The highest BCUT2D eigenvalue weighted by Gasteiger charge is 2.23. The number of nitrogens with one attached hydrogen (secondary N) is 1. The molecule has 0 aliphatic carbocycles. The lowest BCUT2D eigenvalue weighted by Gasteiger charge is -2.18. The topological polar surface area (TPSA) is 108 Å². The number of hydrogen-bond acceptors (Lipinski definition) is 5. The van der Waals surface area contributed by atoms with E-state index in [9.17, 15) is 14.4 Å². The number of halogens is 1. The number of carbonyl (C=O) groups excluding carboxylic acids is 3. The molecule has 2 rings (SSSR count). The quantitative estimate of drug-likeness (QED) is 0.707. The summed E-state index contributed by atoms with van der Waals surface area (Å²) in [6, 6.07) is 12.5. The molecule has 8 heteroatoms.